The second kappa shape index (κ2) is 7.74. The molecule has 0 unspecified atom stereocenters. The molecule has 5 heteroatoms. The lowest BCUT2D eigenvalue weighted by Gasteiger charge is -2.11. The van der Waals surface area contributed by atoms with Crippen LogP contribution in [0.15, 0.2) is 24.5 Å². The van der Waals surface area contributed by atoms with Gasteiger partial charge in [0.05, 0.1) is 6.20 Å². The Morgan fingerprint density at radius 2 is 2.33 bits per heavy atom. The molecule has 15 heavy (non-hydrogen) atoms. The van der Waals surface area contributed by atoms with Crippen LogP contribution in [-0.2, 0) is 0 Å². The van der Waals surface area contributed by atoms with Gasteiger partial charge in [-0.3, -0.25) is 4.98 Å². The fraction of sp³-hybridized carbons (Fsp3) is 0.500. The molecule has 1 aliphatic heterocycles. The topological polar surface area (TPSA) is 34.1 Å². The molecule has 86 valence electrons. The van der Waals surface area contributed by atoms with E-state index in [1.165, 1.54) is 12.8 Å². The minimum Gasteiger partial charge on any atom is -0.490 e. The zero-order chi connectivity index (χ0) is 8.93. The monoisotopic (exact) mass is 250 g/mol. The Hall–Kier alpha value is -0.510. The highest BCUT2D eigenvalue weighted by Crippen LogP contribution is 2.10. The van der Waals surface area contributed by atoms with Crippen molar-refractivity contribution < 1.29 is 4.74 Å². The molecule has 0 aromatic carbocycles. The van der Waals surface area contributed by atoms with Crippen molar-refractivity contribution in [2.45, 2.75) is 18.9 Å². The predicted molar refractivity (Wildman–Crippen MR) is 65.3 cm³/mol. The highest BCUT2D eigenvalue weighted by atomic mass is 35.5. The second-order valence-corrected chi connectivity index (χ2v) is 3.29. The van der Waals surface area contributed by atoms with E-state index in [9.17, 15) is 0 Å². The molecule has 1 fully saturated rings. The summed E-state index contributed by atoms with van der Waals surface area (Å²) in [6, 6.07) is 4.35. The first-order valence-electron chi connectivity index (χ1n) is 4.71. The van der Waals surface area contributed by atoms with E-state index < -0.39 is 0 Å². The van der Waals surface area contributed by atoms with Crippen molar-refractivity contribution in [1.29, 1.82) is 0 Å². The van der Waals surface area contributed by atoms with E-state index in [1.54, 1.807) is 12.4 Å². The quantitative estimate of drug-likeness (QED) is 0.892. The van der Waals surface area contributed by atoms with Crippen LogP contribution in [-0.4, -0.2) is 24.2 Å². The molecular weight excluding hydrogens is 235 g/mol. The van der Waals surface area contributed by atoms with E-state index in [0.29, 0.717) is 6.04 Å². The first-order chi connectivity index (χ1) is 6.45. The standard InChI is InChI=1S/C10H14N2O.2ClH/c1-3-9(12-6-1)8-13-10-4-2-5-11-7-10;;/h2,4-5,7,9,12H,1,3,6,8H2;2*1H/t9-;;/m0../s1. The largest absolute Gasteiger partial charge is 0.490 e. The Morgan fingerprint density at radius 3 is 2.93 bits per heavy atom. The third kappa shape index (κ3) is 4.69. The molecule has 1 aliphatic rings. The van der Waals surface area contributed by atoms with Crippen LogP contribution in [0, 0.1) is 0 Å². The molecule has 0 amide bonds. The third-order valence-electron chi connectivity index (χ3n) is 2.25. The molecule has 1 aromatic heterocycles. The van der Waals surface area contributed by atoms with Gasteiger partial charge in [0.1, 0.15) is 12.4 Å². The summed E-state index contributed by atoms with van der Waals surface area (Å²) in [5, 5.41) is 3.38. The van der Waals surface area contributed by atoms with Crippen molar-refractivity contribution in [1.82, 2.24) is 10.3 Å². The van der Waals surface area contributed by atoms with Crippen molar-refractivity contribution in [3.8, 4) is 5.75 Å². The van der Waals surface area contributed by atoms with Crippen molar-refractivity contribution in [3.63, 3.8) is 0 Å². The van der Waals surface area contributed by atoms with Crippen LogP contribution < -0.4 is 10.1 Å². The van der Waals surface area contributed by atoms with Crippen LogP contribution in [0.3, 0.4) is 0 Å². The fourth-order valence-corrected chi connectivity index (χ4v) is 1.53. The molecule has 0 aliphatic carbocycles. The number of pyridine rings is 1. The summed E-state index contributed by atoms with van der Waals surface area (Å²) in [6.45, 7) is 1.88. The average molecular weight is 251 g/mol. The number of hydrogen-bond acceptors (Lipinski definition) is 3. The Kier molecular flexibility index (Phi) is 7.48. The van der Waals surface area contributed by atoms with E-state index in [1.807, 2.05) is 12.1 Å². The van der Waals surface area contributed by atoms with E-state index in [-0.39, 0.29) is 24.8 Å². The fourth-order valence-electron chi connectivity index (χ4n) is 1.53. The van der Waals surface area contributed by atoms with Gasteiger partial charge in [-0.1, -0.05) is 0 Å². The molecule has 0 radical (unpaired) electrons. The zero-order valence-corrected chi connectivity index (χ0v) is 10.0. The number of rotatable bonds is 3. The van der Waals surface area contributed by atoms with E-state index in [2.05, 4.69) is 10.3 Å². The van der Waals surface area contributed by atoms with Gasteiger partial charge >= 0.3 is 0 Å². The maximum Gasteiger partial charge on any atom is 0.137 e. The van der Waals surface area contributed by atoms with Crippen LogP contribution in [0.25, 0.3) is 0 Å². The third-order valence-corrected chi connectivity index (χ3v) is 2.25. The van der Waals surface area contributed by atoms with Gasteiger partial charge in [0, 0.05) is 12.2 Å². The van der Waals surface area contributed by atoms with Gasteiger partial charge in [0.15, 0.2) is 0 Å². The minimum atomic E-state index is 0. The number of halogens is 2. The maximum absolute atomic E-state index is 5.56. The maximum atomic E-state index is 5.56. The molecule has 0 saturated carbocycles. The van der Waals surface area contributed by atoms with Crippen molar-refractivity contribution in [3.05, 3.63) is 24.5 Å². The summed E-state index contributed by atoms with van der Waals surface area (Å²) in [6.07, 6.45) is 5.98. The predicted octanol–water partition coefficient (Wildman–Crippen LogP) is 2.06. The normalized spacial score (nSPS) is 18.8. The Morgan fingerprint density at radius 1 is 1.47 bits per heavy atom. The first kappa shape index (κ1) is 14.5. The van der Waals surface area contributed by atoms with E-state index in [4.69, 9.17) is 4.74 Å². The molecule has 3 nitrogen and oxygen atoms in total. The molecular formula is C10H16Cl2N2O. The van der Waals surface area contributed by atoms with Gasteiger partial charge < -0.3 is 10.1 Å². The highest BCUT2D eigenvalue weighted by Gasteiger charge is 2.13. The lowest BCUT2D eigenvalue weighted by molar-refractivity contribution is 0.276. The summed E-state index contributed by atoms with van der Waals surface area (Å²) < 4.78 is 5.56. The molecule has 0 spiro atoms. The average Bonchev–Trinajstić information content (AvgIpc) is 2.69. The van der Waals surface area contributed by atoms with Gasteiger partial charge in [-0.15, -0.1) is 24.8 Å². The summed E-state index contributed by atoms with van der Waals surface area (Å²) in [4.78, 5) is 3.98. The molecule has 2 heterocycles. The van der Waals surface area contributed by atoms with E-state index in [0.717, 1.165) is 18.9 Å². The molecule has 2 rings (SSSR count). The van der Waals surface area contributed by atoms with Gasteiger partial charge in [-0.25, -0.2) is 0 Å². The SMILES string of the molecule is Cl.Cl.c1cncc(OC[C@@H]2CCCN2)c1. The summed E-state index contributed by atoms with van der Waals surface area (Å²) in [5.41, 5.74) is 0. The van der Waals surface area contributed by atoms with Gasteiger partial charge in [-0.2, -0.15) is 0 Å². The van der Waals surface area contributed by atoms with Gasteiger partial charge in [0.25, 0.3) is 0 Å². The molecule has 1 N–H and O–H groups in total. The van der Waals surface area contributed by atoms with Crippen molar-refractivity contribution >= 4 is 24.8 Å². The lowest BCUT2D eigenvalue weighted by atomic mass is 10.2. The summed E-state index contributed by atoms with van der Waals surface area (Å²) in [5.74, 6) is 0.858. The van der Waals surface area contributed by atoms with Gasteiger partial charge in [0.2, 0.25) is 0 Å². The number of hydrogen-bond donors (Lipinski definition) is 1. The molecule has 1 atom stereocenters. The summed E-state index contributed by atoms with van der Waals surface area (Å²) in [7, 11) is 0. The van der Waals surface area contributed by atoms with Crippen LogP contribution in [0.2, 0.25) is 0 Å². The molecule has 1 saturated heterocycles. The van der Waals surface area contributed by atoms with Crippen LogP contribution >= 0.6 is 24.8 Å². The Labute approximate surface area is 102 Å². The molecule has 1 aromatic rings. The number of aromatic nitrogens is 1. The molecule has 0 bridgehead atoms. The van der Waals surface area contributed by atoms with Gasteiger partial charge in [-0.05, 0) is 31.5 Å². The smallest absolute Gasteiger partial charge is 0.137 e. The van der Waals surface area contributed by atoms with E-state index >= 15 is 0 Å². The Bertz CT molecular complexity index is 253. The summed E-state index contributed by atoms with van der Waals surface area (Å²) >= 11 is 0. The van der Waals surface area contributed by atoms with Crippen LogP contribution in [0.5, 0.6) is 5.75 Å². The van der Waals surface area contributed by atoms with Crippen LogP contribution in [0.1, 0.15) is 12.8 Å². The zero-order valence-electron chi connectivity index (χ0n) is 8.39. The first-order valence-corrected chi connectivity index (χ1v) is 4.71. The van der Waals surface area contributed by atoms with Crippen molar-refractivity contribution in [2.24, 2.45) is 0 Å². The second-order valence-electron chi connectivity index (χ2n) is 3.29. The van der Waals surface area contributed by atoms with Crippen LogP contribution in [0.4, 0.5) is 0 Å². The minimum absolute atomic E-state index is 0. The number of nitrogens with zero attached hydrogens (tertiary/aromatic N) is 1. The highest BCUT2D eigenvalue weighted by molar-refractivity contribution is 5.85. The number of ether oxygens (including phenoxy) is 1. The lowest BCUT2D eigenvalue weighted by Crippen LogP contribution is -2.28. The Balaban J connectivity index is 0.000000980. The number of nitrogens with one attached hydrogen (secondary N) is 1. The van der Waals surface area contributed by atoms with Crippen molar-refractivity contribution in [2.75, 3.05) is 13.2 Å².